The largest absolute Gasteiger partial charge is 2.00 e. The van der Waals surface area contributed by atoms with Crippen LogP contribution in [0.3, 0.4) is 0 Å². The van der Waals surface area contributed by atoms with E-state index in [1.54, 1.807) is 0 Å². The minimum absolute atomic E-state index is 0. The number of allylic oxidation sites excluding steroid dienone is 2. The van der Waals surface area contributed by atoms with E-state index in [4.69, 9.17) is 0 Å². The molecule has 0 atom stereocenters. The molecule has 126 valence electrons. The summed E-state index contributed by atoms with van der Waals surface area (Å²) in [5.41, 5.74) is 4.93. The third-order valence-corrected chi connectivity index (χ3v) is 4.04. The minimum Gasteiger partial charge on any atom is -1.00 e. The van der Waals surface area contributed by atoms with Gasteiger partial charge in [-0.05, 0) is 53.6 Å². The standard InChI is InChI=1S/C19H21NO.2ClH.Ti/c1-20(2)12-15-7-5-9-17(15)18-11-10-14-6-3-4-8-16(14)19(18)13-21;;;/h3-8,10-11,21H,9,12-13H2,1-2H3;2*1H;/q;;;+2/p-2. The molecular formula is C19H21Cl2NOTi. The molecule has 2 aromatic rings. The average Bonchev–Trinajstić information content (AvgIpc) is 2.93. The molecule has 2 aromatic carbocycles. The van der Waals surface area contributed by atoms with Crippen molar-refractivity contribution in [1.29, 1.82) is 0 Å². The number of likely N-dealkylation sites (N-methyl/N-ethyl adjacent to an activating group) is 1. The number of hydrogen-bond donors (Lipinski definition) is 1. The van der Waals surface area contributed by atoms with E-state index in [0.29, 0.717) is 0 Å². The summed E-state index contributed by atoms with van der Waals surface area (Å²) in [5, 5.41) is 12.2. The first kappa shape index (κ1) is 23.4. The summed E-state index contributed by atoms with van der Waals surface area (Å²) in [6, 6.07) is 12.6. The Morgan fingerprint density at radius 1 is 1.04 bits per heavy atom. The Balaban J connectivity index is 0.00000176. The van der Waals surface area contributed by atoms with Crippen molar-refractivity contribution in [1.82, 2.24) is 4.90 Å². The van der Waals surface area contributed by atoms with Crippen LogP contribution in [-0.4, -0.2) is 30.6 Å². The first-order valence-corrected chi connectivity index (χ1v) is 7.36. The smallest absolute Gasteiger partial charge is 1.00 e. The van der Waals surface area contributed by atoms with Crippen LogP contribution < -0.4 is 24.8 Å². The third-order valence-electron chi connectivity index (χ3n) is 4.04. The summed E-state index contributed by atoms with van der Waals surface area (Å²) in [7, 11) is 4.17. The number of nitrogens with zero attached hydrogens (tertiary/aromatic N) is 1. The van der Waals surface area contributed by atoms with Crippen molar-refractivity contribution >= 4 is 16.3 Å². The maximum atomic E-state index is 9.89. The van der Waals surface area contributed by atoms with Crippen molar-refractivity contribution in [3.63, 3.8) is 0 Å². The summed E-state index contributed by atoms with van der Waals surface area (Å²) < 4.78 is 0. The molecule has 3 rings (SSSR count). The molecule has 0 fully saturated rings. The zero-order valence-electron chi connectivity index (χ0n) is 13.9. The van der Waals surface area contributed by atoms with Gasteiger partial charge in [0.25, 0.3) is 0 Å². The van der Waals surface area contributed by atoms with E-state index in [-0.39, 0.29) is 53.1 Å². The van der Waals surface area contributed by atoms with Gasteiger partial charge in [-0.1, -0.05) is 48.6 Å². The summed E-state index contributed by atoms with van der Waals surface area (Å²) in [6.45, 7) is 1.01. The van der Waals surface area contributed by atoms with Gasteiger partial charge in [-0.3, -0.25) is 0 Å². The molecule has 1 N–H and O–H groups in total. The van der Waals surface area contributed by atoms with Crippen LogP contribution in [0.1, 0.15) is 17.5 Å². The van der Waals surface area contributed by atoms with Gasteiger partial charge < -0.3 is 34.8 Å². The molecule has 5 heteroatoms. The summed E-state index contributed by atoms with van der Waals surface area (Å²) in [5.74, 6) is 0. The molecule has 24 heavy (non-hydrogen) atoms. The van der Waals surface area contributed by atoms with E-state index in [1.807, 2.05) is 12.1 Å². The van der Waals surface area contributed by atoms with Crippen molar-refractivity contribution in [3.8, 4) is 0 Å². The molecule has 0 aromatic heterocycles. The molecule has 0 aliphatic heterocycles. The van der Waals surface area contributed by atoms with Crippen LogP contribution in [0.4, 0.5) is 0 Å². The van der Waals surface area contributed by atoms with Crippen LogP contribution in [0, 0.1) is 0 Å². The van der Waals surface area contributed by atoms with Gasteiger partial charge in [0.1, 0.15) is 0 Å². The quantitative estimate of drug-likeness (QED) is 0.582. The van der Waals surface area contributed by atoms with Crippen LogP contribution in [0.25, 0.3) is 16.3 Å². The van der Waals surface area contributed by atoms with E-state index in [1.165, 1.54) is 22.1 Å². The van der Waals surface area contributed by atoms with Crippen molar-refractivity contribution < 1.29 is 51.6 Å². The average molecular weight is 398 g/mol. The minimum atomic E-state index is 0. The van der Waals surface area contributed by atoms with E-state index in [0.717, 1.165) is 23.9 Å². The van der Waals surface area contributed by atoms with E-state index >= 15 is 0 Å². The molecular weight excluding hydrogens is 377 g/mol. The fraction of sp³-hybridized carbons (Fsp3) is 0.263. The van der Waals surface area contributed by atoms with Crippen LogP contribution >= 0.6 is 0 Å². The number of rotatable bonds is 4. The maximum Gasteiger partial charge on any atom is 2.00 e. The Labute approximate surface area is 171 Å². The molecule has 0 spiro atoms. The molecule has 1 aliphatic rings. The second-order valence-corrected chi connectivity index (χ2v) is 5.82. The molecule has 0 saturated heterocycles. The van der Waals surface area contributed by atoms with Gasteiger partial charge in [0.05, 0.1) is 6.61 Å². The number of halogens is 2. The summed E-state index contributed by atoms with van der Waals surface area (Å²) >= 11 is 0. The Kier molecular flexibility index (Phi) is 10.1. The van der Waals surface area contributed by atoms with Gasteiger partial charge in [0.15, 0.2) is 0 Å². The van der Waals surface area contributed by atoms with E-state index in [2.05, 4.69) is 55.4 Å². The second-order valence-electron chi connectivity index (χ2n) is 5.82. The predicted octanol–water partition coefficient (Wildman–Crippen LogP) is -2.39. The van der Waals surface area contributed by atoms with Gasteiger partial charge in [0, 0.05) is 6.54 Å². The van der Waals surface area contributed by atoms with E-state index < -0.39 is 0 Å². The maximum absolute atomic E-state index is 9.89. The number of benzene rings is 2. The first-order chi connectivity index (χ1) is 10.2. The Bertz CT molecular complexity index is 741. The zero-order valence-corrected chi connectivity index (χ0v) is 17.0. The van der Waals surface area contributed by atoms with Crippen molar-refractivity contribution in [2.75, 3.05) is 20.6 Å². The Morgan fingerprint density at radius 3 is 2.42 bits per heavy atom. The Morgan fingerprint density at radius 2 is 1.75 bits per heavy atom. The van der Waals surface area contributed by atoms with Crippen molar-refractivity contribution in [2.45, 2.75) is 13.0 Å². The van der Waals surface area contributed by atoms with Gasteiger partial charge in [-0.25, -0.2) is 0 Å². The number of hydrogen-bond acceptors (Lipinski definition) is 2. The van der Waals surface area contributed by atoms with Crippen molar-refractivity contribution in [3.05, 3.63) is 65.3 Å². The summed E-state index contributed by atoms with van der Waals surface area (Å²) in [4.78, 5) is 2.19. The molecule has 2 nitrogen and oxygen atoms in total. The molecule has 0 amide bonds. The van der Waals surface area contributed by atoms with Gasteiger partial charge in [0.2, 0.25) is 0 Å². The van der Waals surface area contributed by atoms with Crippen LogP contribution in [0.5, 0.6) is 0 Å². The molecule has 0 unspecified atom stereocenters. The SMILES string of the molecule is CN(C)CC1=C(c2ccc3ccccc3c2CO)CC=C1.[Cl-].[Cl-].[Ti+2]. The van der Waals surface area contributed by atoms with E-state index in [9.17, 15) is 5.11 Å². The van der Waals surface area contributed by atoms with Gasteiger partial charge in [-0.15, -0.1) is 0 Å². The van der Waals surface area contributed by atoms with Crippen molar-refractivity contribution in [2.24, 2.45) is 0 Å². The fourth-order valence-electron chi connectivity index (χ4n) is 3.11. The van der Waals surface area contributed by atoms with Crippen LogP contribution in [0.2, 0.25) is 0 Å². The topological polar surface area (TPSA) is 23.5 Å². The van der Waals surface area contributed by atoms with Crippen LogP contribution in [0.15, 0.2) is 54.1 Å². The number of aliphatic hydroxyl groups excluding tert-OH is 1. The Hall–Kier alpha value is -0.606. The third kappa shape index (κ3) is 4.73. The predicted molar refractivity (Wildman–Crippen MR) is 89.1 cm³/mol. The van der Waals surface area contributed by atoms with Gasteiger partial charge in [-0.2, -0.15) is 0 Å². The number of fused-ring (bicyclic) bond motifs is 1. The monoisotopic (exact) mass is 397 g/mol. The molecule has 0 saturated carbocycles. The molecule has 1 aliphatic carbocycles. The number of aliphatic hydroxyl groups is 1. The van der Waals surface area contributed by atoms with Gasteiger partial charge >= 0.3 is 21.7 Å². The summed E-state index contributed by atoms with van der Waals surface area (Å²) in [6.07, 6.45) is 5.38. The molecule has 0 bridgehead atoms. The first-order valence-electron chi connectivity index (χ1n) is 7.36. The molecule has 0 heterocycles. The molecule has 0 radical (unpaired) electrons. The van der Waals surface area contributed by atoms with Crippen LogP contribution in [-0.2, 0) is 28.3 Å². The second kappa shape index (κ2) is 10.4. The zero-order chi connectivity index (χ0) is 14.8. The normalized spacial score (nSPS) is 12.8. The fourth-order valence-corrected chi connectivity index (χ4v) is 3.11.